The van der Waals surface area contributed by atoms with Crippen LogP contribution in [-0.4, -0.2) is 50.6 Å². The molecule has 5 nitrogen and oxygen atoms in total. The van der Waals surface area contributed by atoms with Crippen molar-refractivity contribution in [3.63, 3.8) is 0 Å². The monoisotopic (exact) mass is 293 g/mol. The van der Waals surface area contributed by atoms with Gasteiger partial charge in [-0.25, -0.2) is 17.9 Å². The topological polar surface area (TPSA) is 75.3 Å². The summed E-state index contributed by atoms with van der Waals surface area (Å²) in [6.45, 7) is 4.32. The van der Waals surface area contributed by atoms with E-state index in [0.29, 0.717) is 6.54 Å². The standard InChI is InChI=1S/C12H18N2O3S.Na/c1-3-4-9-13-12(15)14-18(16,17)11-7-5-10(2)6-8-11;/h5-8H,3-4,9H2,1-2H3,(H2,13,14,15);. The Morgan fingerprint density at radius 2 is 1.79 bits per heavy atom. The van der Waals surface area contributed by atoms with Crippen molar-refractivity contribution in [2.45, 2.75) is 31.6 Å². The van der Waals surface area contributed by atoms with E-state index in [4.69, 9.17) is 0 Å². The first-order valence-electron chi connectivity index (χ1n) is 5.83. The van der Waals surface area contributed by atoms with Gasteiger partial charge in [0.2, 0.25) is 0 Å². The minimum absolute atomic E-state index is 0. The minimum Gasteiger partial charge on any atom is -0.337 e. The van der Waals surface area contributed by atoms with Crippen LogP contribution in [0, 0.1) is 6.92 Å². The Hall–Kier alpha value is -0.560. The molecule has 0 heterocycles. The first-order chi connectivity index (χ1) is 8.45. The number of hydrogen-bond acceptors (Lipinski definition) is 3. The number of nitrogens with one attached hydrogen (secondary N) is 2. The Morgan fingerprint density at radius 1 is 1.21 bits per heavy atom. The van der Waals surface area contributed by atoms with Crippen molar-refractivity contribution in [1.82, 2.24) is 10.0 Å². The fourth-order valence-electron chi connectivity index (χ4n) is 1.31. The number of benzene rings is 1. The fraction of sp³-hybridized carbons (Fsp3) is 0.417. The van der Waals surface area contributed by atoms with Crippen LogP contribution in [-0.2, 0) is 10.0 Å². The molecular weight excluding hydrogens is 275 g/mol. The van der Waals surface area contributed by atoms with Crippen LogP contribution < -0.4 is 10.0 Å². The van der Waals surface area contributed by atoms with Gasteiger partial charge in [-0.3, -0.25) is 0 Å². The molecule has 0 aromatic heterocycles. The summed E-state index contributed by atoms with van der Waals surface area (Å²) in [5.41, 5.74) is 0.960. The van der Waals surface area contributed by atoms with Crippen molar-refractivity contribution in [2.75, 3.05) is 6.54 Å². The quantitative estimate of drug-likeness (QED) is 0.636. The molecule has 2 N–H and O–H groups in total. The molecular formula is C12H18N2NaO3S. The molecule has 0 saturated heterocycles. The van der Waals surface area contributed by atoms with Gasteiger partial charge in [0.15, 0.2) is 0 Å². The van der Waals surface area contributed by atoms with E-state index in [1.54, 1.807) is 12.1 Å². The van der Waals surface area contributed by atoms with Crippen molar-refractivity contribution in [1.29, 1.82) is 0 Å². The van der Waals surface area contributed by atoms with Gasteiger partial charge < -0.3 is 5.32 Å². The Kier molecular flexibility index (Phi) is 8.33. The molecule has 0 unspecified atom stereocenters. The van der Waals surface area contributed by atoms with Crippen LogP contribution in [0.5, 0.6) is 0 Å². The molecule has 7 heteroatoms. The number of hydrogen-bond donors (Lipinski definition) is 2. The van der Waals surface area contributed by atoms with Gasteiger partial charge in [0.1, 0.15) is 0 Å². The molecule has 0 spiro atoms. The largest absolute Gasteiger partial charge is 0.337 e. The second-order valence-corrected chi connectivity index (χ2v) is 5.71. The van der Waals surface area contributed by atoms with Gasteiger partial charge in [0.25, 0.3) is 10.0 Å². The predicted octanol–water partition coefficient (Wildman–Crippen LogP) is 1.40. The molecule has 1 aromatic carbocycles. The van der Waals surface area contributed by atoms with Gasteiger partial charge >= 0.3 is 6.03 Å². The summed E-state index contributed by atoms with van der Waals surface area (Å²) in [4.78, 5) is 11.5. The van der Waals surface area contributed by atoms with Gasteiger partial charge in [-0.2, -0.15) is 0 Å². The molecule has 0 atom stereocenters. The SMILES string of the molecule is CCCCNC(=O)NS(=O)(=O)c1ccc(C)cc1.[Na]. The first-order valence-corrected chi connectivity index (χ1v) is 7.31. The Labute approximate surface area is 136 Å². The summed E-state index contributed by atoms with van der Waals surface area (Å²) in [5, 5.41) is 2.49. The third-order valence-electron chi connectivity index (χ3n) is 2.37. The molecule has 0 aliphatic carbocycles. The molecule has 0 fully saturated rings. The van der Waals surface area contributed by atoms with Gasteiger partial charge in [-0.15, -0.1) is 0 Å². The summed E-state index contributed by atoms with van der Waals surface area (Å²) in [6.07, 6.45) is 1.75. The molecule has 0 aliphatic rings. The minimum atomic E-state index is -3.78. The van der Waals surface area contributed by atoms with Crippen molar-refractivity contribution in [3.8, 4) is 0 Å². The number of urea groups is 1. The molecule has 0 aliphatic heterocycles. The van der Waals surface area contributed by atoms with Gasteiger partial charge in [-0.05, 0) is 25.5 Å². The van der Waals surface area contributed by atoms with Gasteiger partial charge in [-0.1, -0.05) is 31.0 Å². The number of amides is 2. The number of rotatable bonds is 5. The maximum absolute atomic E-state index is 11.8. The Balaban J connectivity index is 0.00000324. The normalized spacial score (nSPS) is 10.4. The van der Waals surface area contributed by atoms with Crippen molar-refractivity contribution < 1.29 is 13.2 Å². The molecule has 1 rings (SSSR count). The number of unbranched alkanes of at least 4 members (excludes halogenated alkanes) is 1. The Morgan fingerprint density at radius 3 is 2.32 bits per heavy atom. The molecule has 19 heavy (non-hydrogen) atoms. The van der Waals surface area contributed by atoms with Crippen LogP contribution >= 0.6 is 0 Å². The van der Waals surface area contributed by atoms with E-state index in [2.05, 4.69) is 5.32 Å². The maximum Gasteiger partial charge on any atom is 0.328 e. The number of carbonyl (C=O) groups excluding carboxylic acids is 1. The van der Waals surface area contributed by atoms with Crippen molar-refractivity contribution in [3.05, 3.63) is 29.8 Å². The molecule has 101 valence electrons. The number of carbonyl (C=O) groups is 1. The second-order valence-electron chi connectivity index (χ2n) is 4.03. The third-order valence-corrected chi connectivity index (χ3v) is 3.72. The number of aryl methyl sites for hydroxylation is 1. The van der Waals surface area contributed by atoms with Crippen molar-refractivity contribution in [2.24, 2.45) is 0 Å². The molecule has 1 aromatic rings. The van der Waals surface area contributed by atoms with E-state index in [-0.39, 0.29) is 34.5 Å². The van der Waals surface area contributed by atoms with E-state index in [1.165, 1.54) is 12.1 Å². The smallest absolute Gasteiger partial charge is 0.328 e. The van der Waals surface area contributed by atoms with Crippen molar-refractivity contribution >= 4 is 45.6 Å². The summed E-state index contributed by atoms with van der Waals surface area (Å²) in [5.74, 6) is 0. The van der Waals surface area contributed by atoms with Crippen LogP contribution in [0.15, 0.2) is 29.2 Å². The third kappa shape index (κ3) is 6.42. The van der Waals surface area contributed by atoms with E-state index in [9.17, 15) is 13.2 Å². The average molecular weight is 293 g/mol. The summed E-state index contributed by atoms with van der Waals surface area (Å²) < 4.78 is 25.6. The van der Waals surface area contributed by atoms with E-state index in [1.807, 2.05) is 18.6 Å². The maximum atomic E-state index is 11.8. The van der Waals surface area contributed by atoms with E-state index >= 15 is 0 Å². The summed E-state index contributed by atoms with van der Waals surface area (Å²) >= 11 is 0. The zero-order valence-electron chi connectivity index (χ0n) is 11.6. The van der Waals surface area contributed by atoms with Crippen LogP contribution in [0.2, 0.25) is 0 Å². The van der Waals surface area contributed by atoms with Gasteiger partial charge in [0, 0.05) is 36.1 Å². The van der Waals surface area contributed by atoms with E-state index < -0.39 is 16.1 Å². The predicted molar refractivity (Wildman–Crippen MR) is 75.6 cm³/mol. The zero-order valence-corrected chi connectivity index (χ0v) is 14.4. The first kappa shape index (κ1) is 18.4. The Bertz CT molecular complexity index is 500. The number of sulfonamides is 1. The molecule has 0 saturated carbocycles. The zero-order chi connectivity index (χ0) is 13.6. The van der Waals surface area contributed by atoms with Crippen LogP contribution in [0.1, 0.15) is 25.3 Å². The second kappa shape index (κ2) is 8.58. The van der Waals surface area contributed by atoms with Crippen LogP contribution in [0.4, 0.5) is 4.79 Å². The van der Waals surface area contributed by atoms with Crippen LogP contribution in [0.25, 0.3) is 0 Å². The van der Waals surface area contributed by atoms with E-state index in [0.717, 1.165) is 18.4 Å². The van der Waals surface area contributed by atoms with Gasteiger partial charge in [0.05, 0.1) is 4.90 Å². The molecule has 1 radical (unpaired) electrons. The molecule has 0 bridgehead atoms. The van der Waals surface area contributed by atoms with Crippen LogP contribution in [0.3, 0.4) is 0 Å². The average Bonchev–Trinajstić information content (AvgIpc) is 2.29. The summed E-state index contributed by atoms with van der Waals surface area (Å²) in [6, 6.07) is 5.62. The summed E-state index contributed by atoms with van der Waals surface area (Å²) in [7, 11) is -3.78. The fourth-order valence-corrected chi connectivity index (χ4v) is 2.24. The molecule has 2 amide bonds.